The predicted octanol–water partition coefficient (Wildman–Crippen LogP) is 0.701. The van der Waals surface area contributed by atoms with Crippen molar-refractivity contribution in [3.05, 3.63) is 35.1 Å². The van der Waals surface area contributed by atoms with Crippen molar-refractivity contribution >= 4 is 5.97 Å². The summed E-state index contributed by atoms with van der Waals surface area (Å²) >= 11 is 0. The van der Waals surface area contributed by atoms with Gasteiger partial charge in [-0.3, -0.25) is 0 Å². The van der Waals surface area contributed by atoms with Gasteiger partial charge in [0.05, 0.1) is 7.11 Å². The van der Waals surface area contributed by atoms with Crippen LogP contribution in [0.5, 0.6) is 0 Å². The van der Waals surface area contributed by atoms with E-state index in [0.29, 0.717) is 0 Å². The lowest BCUT2D eigenvalue weighted by atomic mass is 9.99. The van der Waals surface area contributed by atoms with E-state index in [1.165, 1.54) is 25.1 Å². The SMILES string of the molecule is COC(=O)C(O)C(O)c1cccc(F)c1C. The summed E-state index contributed by atoms with van der Waals surface area (Å²) in [7, 11) is 1.09. The quantitative estimate of drug-likeness (QED) is 0.747. The Kier molecular flexibility index (Phi) is 3.98. The lowest BCUT2D eigenvalue weighted by Gasteiger charge is -2.18. The van der Waals surface area contributed by atoms with Gasteiger partial charge in [0, 0.05) is 0 Å². The Balaban J connectivity index is 3.00. The van der Waals surface area contributed by atoms with E-state index < -0.39 is 24.0 Å². The number of rotatable bonds is 3. The van der Waals surface area contributed by atoms with Gasteiger partial charge in [-0.2, -0.15) is 0 Å². The van der Waals surface area contributed by atoms with Crippen molar-refractivity contribution in [1.82, 2.24) is 0 Å². The molecule has 0 amide bonds. The molecule has 16 heavy (non-hydrogen) atoms. The molecule has 1 aromatic carbocycles. The van der Waals surface area contributed by atoms with Gasteiger partial charge in [0.15, 0.2) is 6.10 Å². The van der Waals surface area contributed by atoms with Crippen LogP contribution in [0, 0.1) is 12.7 Å². The maximum atomic E-state index is 13.2. The third-order valence-corrected chi connectivity index (χ3v) is 2.37. The summed E-state index contributed by atoms with van der Waals surface area (Å²) < 4.78 is 17.5. The van der Waals surface area contributed by atoms with Gasteiger partial charge in [0.2, 0.25) is 0 Å². The molecule has 0 fully saturated rings. The minimum Gasteiger partial charge on any atom is -0.467 e. The van der Waals surface area contributed by atoms with Crippen LogP contribution in [0.4, 0.5) is 4.39 Å². The van der Waals surface area contributed by atoms with Crippen LogP contribution >= 0.6 is 0 Å². The van der Waals surface area contributed by atoms with Crippen LogP contribution in [0.1, 0.15) is 17.2 Å². The highest BCUT2D eigenvalue weighted by Gasteiger charge is 2.27. The molecule has 0 saturated heterocycles. The van der Waals surface area contributed by atoms with Crippen LogP contribution in [0.25, 0.3) is 0 Å². The molecule has 4 nitrogen and oxygen atoms in total. The molecule has 1 aromatic rings. The van der Waals surface area contributed by atoms with Crippen LogP contribution in [0.15, 0.2) is 18.2 Å². The molecule has 0 aliphatic rings. The van der Waals surface area contributed by atoms with Crippen molar-refractivity contribution in [3.63, 3.8) is 0 Å². The van der Waals surface area contributed by atoms with Gasteiger partial charge in [-0.25, -0.2) is 9.18 Å². The third kappa shape index (κ3) is 2.37. The van der Waals surface area contributed by atoms with Crippen LogP contribution < -0.4 is 0 Å². The Hall–Kier alpha value is -1.46. The summed E-state index contributed by atoms with van der Waals surface area (Å²) in [6.45, 7) is 1.46. The zero-order valence-electron chi connectivity index (χ0n) is 8.98. The molecule has 1 rings (SSSR count). The Morgan fingerprint density at radius 3 is 2.62 bits per heavy atom. The molecule has 2 N–H and O–H groups in total. The lowest BCUT2D eigenvalue weighted by Crippen LogP contribution is -2.29. The molecular weight excluding hydrogens is 215 g/mol. The first-order chi connectivity index (χ1) is 7.49. The predicted molar refractivity (Wildman–Crippen MR) is 54.1 cm³/mol. The molecule has 2 atom stereocenters. The Labute approximate surface area is 92.3 Å². The number of carbonyl (C=O) groups is 1. The average molecular weight is 228 g/mol. The average Bonchev–Trinajstić information content (AvgIpc) is 2.29. The highest BCUT2D eigenvalue weighted by Crippen LogP contribution is 2.23. The number of methoxy groups -OCH3 is 1. The van der Waals surface area contributed by atoms with Gasteiger partial charge < -0.3 is 14.9 Å². The number of hydrogen-bond acceptors (Lipinski definition) is 4. The van der Waals surface area contributed by atoms with E-state index in [1.54, 1.807) is 0 Å². The molecular formula is C11H13FO4. The summed E-state index contributed by atoms with van der Waals surface area (Å²) in [4.78, 5) is 11.0. The summed E-state index contributed by atoms with van der Waals surface area (Å²) in [6.07, 6.45) is -3.21. The van der Waals surface area contributed by atoms with Crippen molar-refractivity contribution in [2.24, 2.45) is 0 Å². The molecule has 0 aliphatic heterocycles. The maximum Gasteiger partial charge on any atom is 0.337 e. The number of hydrogen-bond donors (Lipinski definition) is 2. The van der Waals surface area contributed by atoms with E-state index in [1.807, 2.05) is 0 Å². The van der Waals surface area contributed by atoms with Gasteiger partial charge in [0.1, 0.15) is 11.9 Å². The Morgan fingerprint density at radius 2 is 2.06 bits per heavy atom. The van der Waals surface area contributed by atoms with Gasteiger partial charge in [0.25, 0.3) is 0 Å². The fourth-order valence-electron chi connectivity index (χ4n) is 1.36. The van der Waals surface area contributed by atoms with E-state index >= 15 is 0 Å². The first-order valence-corrected chi connectivity index (χ1v) is 4.68. The summed E-state index contributed by atoms with van der Waals surface area (Å²) in [5.41, 5.74) is 0.357. The second kappa shape index (κ2) is 5.05. The molecule has 88 valence electrons. The molecule has 2 unspecified atom stereocenters. The minimum atomic E-state index is -1.72. The molecule has 0 aromatic heterocycles. The van der Waals surface area contributed by atoms with Gasteiger partial charge >= 0.3 is 5.97 Å². The molecule has 0 aliphatic carbocycles. The number of halogens is 1. The van der Waals surface area contributed by atoms with Crippen molar-refractivity contribution < 1.29 is 24.1 Å². The summed E-state index contributed by atoms with van der Waals surface area (Å²) in [5, 5.41) is 19.1. The summed E-state index contributed by atoms with van der Waals surface area (Å²) in [6, 6.07) is 4.07. The fraction of sp³-hybridized carbons (Fsp3) is 0.364. The Morgan fingerprint density at radius 1 is 1.44 bits per heavy atom. The van der Waals surface area contributed by atoms with E-state index in [0.717, 1.165) is 7.11 Å². The van der Waals surface area contributed by atoms with Gasteiger partial charge in [-0.1, -0.05) is 12.1 Å². The van der Waals surface area contributed by atoms with Gasteiger partial charge in [-0.15, -0.1) is 0 Å². The van der Waals surface area contributed by atoms with E-state index in [2.05, 4.69) is 4.74 Å². The maximum absolute atomic E-state index is 13.2. The lowest BCUT2D eigenvalue weighted by molar-refractivity contribution is -0.156. The minimum absolute atomic E-state index is 0.165. The fourth-order valence-corrected chi connectivity index (χ4v) is 1.36. The zero-order valence-corrected chi connectivity index (χ0v) is 8.98. The van der Waals surface area contributed by atoms with Gasteiger partial charge in [-0.05, 0) is 24.1 Å². The number of carbonyl (C=O) groups excluding carboxylic acids is 1. The van der Waals surface area contributed by atoms with Crippen LogP contribution in [-0.2, 0) is 9.53 Å². The number of esters is 1. The number of benzene rings is 1. The molecule has 0 spiro atoms. The Bertz CT molecular complexity index is 392. The topological polar surface area (TPSA) is 66.8 Å². The third-order valence-electron chi connectivity index (χ3n) is 2.37. The van der Waals surface area contributed by atoms with Crippen molar-refractivity contribution in [3.8, 4) is 0 Å². The van der Waals surface area contributed by atoms with Crippen molar-refractivity contribution in [2.45, 2.75) is 19.1 Å². The van der Waals surface area contributed by atoms with Crippen molar-refractivity contribution in [2.75, 3.05) is 7.11 Å². The highest BCUT2D eigenvalue weighted by atomic mass is 19.1. The summed E-state index contributed by atoms with van der Waals surface area (Å²) in [5.74, 6) is -1.47. The number of ether oxygens (including phenoxy) is 1. The molecule has 0 saturated carbocycles. The molecule has 0 radical (unpaired) electrons. The smallest absolute Gasteiger partial charge is 0.337 e. The van der Waals surface area contributed by atoms with E-state index in [9.17, 15) is 19.4 Å². The second-order valence-corrected chi connectivity index (χ2v) is 3.37. The normalized spacial score (nSPS) is 14.3. The van der Waals surface area contributed by atoms with Crippen LogP contribution in [0.3, 0.4) is 0 Å². The monoisotopic (exact) mass is 228 g/mol. The molecule has 0 bridgehead atoms. The number of aliphatic hydroxyl groups is 2. The number of aliphatic hydroxyl groups excluding tert-OH is 2. The first kappa shape index (κ1) is 12.6. The largest absolute Gasteiger partial charge is 0.467 e. The highest BCUT2D eigenvalue weighted by molar-refractivity contribution is 5.75. The molecule has 0 heterocycles. The molecule has 5 heteroatoms. The van der Waals surface area contributed by atoms with E-state index in [4.69, 9.17) is 0 Å². The second-order valence-electron chi connectivity index (χ2n) is 3.37. The van der Waals surface area contributed by atoms with E-state index in [-0.39, 0.29) is 11.1 Å². The van der Waals surface area contributed by atoms with Crippen LogP contribution in [-0.4, -0.2) is 29.4 Å². The van der Waals surface area contributed by atoms with Crippen LogP contribution in [0.2, 0.25) is 0 Å². The standard InChI is InChI=1S/C11H13FO4/c1-6-7(4-3-5-8(6)12)9(13)10(14)11(15)16-2/h3-5,9-10,13-14H,1-2H3. The first-order valence-electron chi connectivity index (χ1n) is 4.68. The van der Waals surface area contributed by atoms with Crippen molar-refractivity contribution in [1.29, 1.82) is 0 Å². The zero-order chi connectivity index (χ0) is 12.3.